The number of hydrogen-bond donors (Lipinski definition) is 1. The Balaban J connectivity index is 1.96. The molecule has 1 nitrogen and oxygen atoms in total. The topological polar surface area (TPSA) is 12.0 Å². The van der Waals surface area contributed by atoms with Crippen molar-refractivity contribution in [3.63, 3.8) is 0 Å². The number of hydrogen-bond acceptors (Lipinski definition) is 1. The van der Waals surface area contributed by atoms with E-state index in [1.807, 2.05) is 0 Å². The lowest BCUT2D eigenvalue weighted by Crippen LogP contribution is -2.35. The van der Waals surface area contributed by atoms with Crippen LogP contribution in [-0.2, 0) is 12.8 Å². The summed E-state index contributed by atoms with van der Waals surface area (Å²) in [4.78, 5) is 0. The van der Waals surface area contributed by atoms with Gasteiger partial charge in [0.05, 0.1) is 0 Å². The normalized spacial score (nSPS) is 17.8. The number of fused-ring (bicyclic) bond motifs is 1. The van der Waals surface area contributed by atoms with Crippen molar-refractivity contribution in [3.05, 3.63) is 35.4 Å². The number of benzene rings is 1. The van der Waals surface area contributed by atoms with E-state index in [0.29, 0.717) is 11.5 Å². The van der Waals surface area contributed by atoms with Crippen LogP contribution < -0.4 is 5.32 Å². The summed E-state index contributed by atoms with van der Waals surface area (Å²) >= 11 is 0. The third-order valence-electron chi connectivity index (χ3n) is 4.23. The Hall–Kier alpha value is -0.820. The van der Waals surface area contributed by atoms with Gasteiger partial charge in [-0.15, -0.1) is 0 Å². The fraction of sp³-hybridized carbons (Fsp3) is 0.647. The van der Waals surface area contributed by atoms with E-state index in [-0.39, 0.29) is 0 Å². The molecule has 1 N–H and O–H groups in total. The van der Waals surface area contributed by atoms with Crippen LogP contribution >= 0.6 is 0 Å². The monoisotopic (exact) mass is 245 g/mol. The zero-order valence-electron chi connectivity index (χ0n) is 12.3. The van der Waals surface area contributed by atoms with Gasteiger partial charge in [0.1, 0.15) is 0 Å². The standard InChI is InChI=1S/C17H27N/c1-17(2,3)10-9-16(18-4)15-11-13-7-5-6-8-14(13)12-15/h5-8,15-16,18H,9-12H2,1-4H3. The second kappa shape index (κ2) is 5.44. The Kier molecular flexibility index (Phi) is 4.11. The van der Waals surface area contributed by atoms with Gasteiger partial charge < -0.3 is 5.32 Å². The Bertz CT molecular complexity index is 364. The molecule has 1 unspecified atom stereocenters. The molecule has 1 aromatic carbocycles. The second-order valence-corrected chi connectivity index (χ2v) is 6.93. The van der Waals surface area contributed by atoms with Crippen molar-refractivity contribution < 1.29 is 0 Å². The van der Waals surface area contributed by atoms with Crippen molar-refractivity contribution in [1.82, 2.24) is 5.32 Å². The average Bonchev–Trinajstić information content (AvgIpc) is 2.71. The molecule has 0 fully saturated rings. The summed E-state index contributed by atoms with van der Waals surface area (Å²) in [6, 6.07) is 9.60. The van der Waals surface area contributed by atoms with E-state index in [2.05, 4.69) is 57.4 Å². The zero-order valence-corrected chi connectivity index (χ0v) is 12.3. The largest absolute Gasteiger partial charge is 0.317 e. The van der Waals surface area contributed by atoms with Gasteiger partial charge in [-0.2, -0.15) is 0 Å². The molecule has 0 amide bonds. The van der Waals surface area contributed by atoms with Gasteiger partial charge in [-0.3, -0.25) is 0 Å². The van der Waals surface area contributed by atoms with Crippen molar-refractivity contribution in [2.24, 2.45) is 11.3 Å². The molecule has 100 valence electrons. The summed E-state index contributed by atoms with van der Waals surface area (Å²) < 4.78 is 0. The van der Waals surface area contributed by atoms with Gasteiger partial charge in [0.2, 0.25) is 0 Å². The Labute approximate surface area is 112 Å². The first-order valence-corrected chi connectivity index (χ1v) is 7.23. The van der Waals surface area contributed by atoms with Crippen LogP contribution in [0.4, 0.5) is 0 Å². The van der Waals surface area contributed by atoms with Crippen LogP contribution in [0.1, 0.15) is 44.7 Å². The van der Waals surface area contributed by atoms with E-state index in [1.54, 1.807) is 11.1 Å². The maximum atomic E-state index is 3.55. The van der Waals surface area contributed by atoms with E-state index in [4.69, 9.17) is 0 Å². The molecule has 0 radical (unpaired) electrons. The fourth-order valence-corrected chi connectivity index (χ4v) is 3.08. The lowest BCUT2D eigenvalue weighted by molar-refractivity contribution is 0.291. The van der Waals surface area contributed by atoms with Gasteiger partial charge in [0, 0.05) is 6.04 Å². The van der Waals surface area contributed by atoms with Crippen LogP contribution in [-0.4, -0.2) is 13.1 Å². The van der Waals surface area contributed by atoms with Gasteiger partial charge in [-0.25, -0.2) is 0 Å². The minimum absolute atomic E-state index is 0.445. The smallest absolute Gasteiger partial charge is 0.00988 e. The van der Waals surface area contributed by atoms with E-state index >= 15 is 0 Å². The first kappa shape index (κ1) is 13.6. The van der Waals surface area contributed by atoms with Crippen LogP contribution in [0.5, 0.6) is 0 Å². The van der Waals surface area contributed by atoms with Crippen LogP contribution in [0, 0.1) is 11.3 Å². The Morgan fingerprint density at radius 1 is 1.17 bits per heavy atom. The van der Waals surface area contributed by atoms with Crippen molar-refractivity contribution in [2.75, 3.05) is 7.05 Å². The summed E-state index contributed by atoms with van der Waals surface area (Å²) in [5.41, 5.74) is 3.58. The van der Waals surface area contributed by atoms with Crippen LogP contribution in [0.25, 0.3) is 0 Å². The molecule has 0 heterocycles. The lowest BCUT2D eigenvalue weighted by Gasteiger charge is -2.27. The highest BCUT2D eigenvalue weighted by Gasteiger charge is 2.28. The van der Waals surface area contributed by atoms with Crippen LogP contribution in [0.15, 0.2) is 24.3 Å². The molecule has 0 saturated carbocycles. The average molecular weight is 245 g/mol. The van der Waals surface area contributed by atoms with Gasteiger partial charge >= 0.3 is 0 Å². The highest BCUT2D eigenvalue weighted by Crippen LogP contribution is 2.32. The third kappa shape index (κ3) is 3.35. The molecule has 1 aliphatic rings. The molecule has 0 saturated heterocycles. The molecule has 0 aromatic heterocycles. The lowest BCUT2D eigenvalue weighted by atomic mass is 9.84. The van der Waals surface area contributed by atoms with Crippen molar-refractivity contribution in [1.29, 1.82) is 0 Å². The Morgan fingerprint density at radius 2 is 1.72 bits per heavy atom. The highest BCUT2D eigenvalue weighted by molar-refractivity contribution is 5.32. The van der Waals surface area contributed by atoms with Gasteiger partial charge in [-0.1, -0.05) is 45.0 Å². The molecule has 0 spiro atoms. The van der Waals surface area contributed by atoms with E-state index in [9.17, 15) is 0 Å². The van der Waals surface area contributed by atoms with Gasteiger partial charge in [0.15, 0.2) is 0 Å². The second-order valence-electron chi connectivity index (χ2n) is 6.93. The molecule has 0 aliphatic heterocycles. The predicted molar refractivity (Wildman–Crippen MR) is 78.9 cm³/mol. The predicted octanol–water partition coefficient (Wildman–Crippen LogP) is 3.82. The van der Waals surface area contributed by atoms with Crippen molar-refractivity contribution in [2.45, 2.75) is 52.5 Å². The zero-order chi connectivity index (χ0) is 13.2. The van der Waals surface area contributed by atoms with Gasteiger partial charge in [-0.05, 0) is 55.2 Å². The summed E-state index contributed by atoms with van der Waals surface area (Å²) in [7, 11) is 2.12. The molecular weight excluding hydrogens is 218 g/mol. The van der Waals surface area contributed by atoms with E-state index in [1.165, 1.54) is 25.7 Å². The Morgan fingerprint density at radius 3 is 2.17 bits per heavy atom. The summed E-state index contributed by atoms with van der Waals surface area (Å²) in [5, 5.41) is 3.55. The van der Waals surface area contributed by atoms with Crippen molar-refractivity contribution in [3.8, 4) is 0 Å². The molecule has 1 atom stereocenters. The molecule has 2 rings (SSSR count). The SMILES string of the molecule is CNC(CCC(C)(C)C)C1Cc2ccccc2C1. The van der Waals surface area contributed by atoms with Crippen LogP contribution in [0.2, 0.25) is 0 Å². The molecule has 1 aromatic rings. The summed E-state index contributed by atoms with van der Waals surface area (Å²) in [6.07, 6.45) is 5.10. The molecule has 0 bridgehead atoms. The fourth-order valence-electron chi connectivity index (χ4n) is 3.08. The number of nitrogens with one attached hydrogen (secondary N) is 1. The third-order valence-corrected chi connectivity index (χ3v) is 4.23. The first-order chi connectivity index (χ1) is 8.49. The van der Waals surface area contributed by atoms with Crippen molar-refractivity contribution >= 4 is 0 Å². The molecule has 1 aliphatic carbocycles. The highest BCUT2D eigenvalue weighted by atomic mass is 14.9. The maximum Gasteiger partial charge on any atom is 0.00988 e. The van der Waals surface area contributed by atoms with Crippen LogP contribution in [0.3, 0.4) is 0 Å². The van der Waals surface area contributed by atoms with E-state index < -0.39 is 0 Å². The maximum absolute atomic E-state index is 3.55. The van der Waals surface area contributed by atoms with Gasteiger partial charge in [0.25, 0.3) is 0 Å². The molecule has 1 heteroatoms. The summed E-state index contributed by atoms with van der Waals surface area (Å²) in [6.45, 7) is 7.01. The first-order valence-electron chi connectivity index (χ1n) is 7.23. The minimum Gasteiger partial charge on any atom is -0.317 e. The molecular formula is C17H27N. The quantitative estimate of drug-likeness (QED) is 0.850. The van der Waals surface area contributed by atoms with E-state index in [0.717, 1.165) is 5.92 Å². The summed E-state index contributed by atoms with van der Waals surface area (Å²) in [5.74, 6) is 0.787. The molecule has 18 heavy (non-hydrogen) atoms. The number of rotatable bonds is 4. The minimum atomic E-state index is 0.445.